The van der Waals surface area contributed by atoms with E-state index >= 15 is 0 Å². The zero-order chi connectivity index (χ0) is 9.68. The van der Waals surface area contributed by atoms with E-state index in [1.54, 1.807) is 6.07 Å². The van der Waals surface area contributed by atoms with Gasteiger partial charge in [0.15, 0.2) is 0 Å². The molecule has 1 aromatic heterocycles. The van der Waals surface area contributed by atoms with Crippen molar-refractivity contribution < 1.29 is 9.53 Å². The summed E-state index contributed by atoms with van der Waals surface area (Å²) in [6.45, 7) is 0. The standard InChI is InChI=1S/C7H8N2O3S/c1-12-6(10)4-13-5-2-3-8-7(11)9-5/h2-3H,4H2,1H3,(H,8,9,11). The summed E-state index contributed by atoms with van der Waals surface area (Å²) in [4.78, 5) is 27.3. The molecule has 0 bridgehead atoms. The molecular formula is C7H8N2O3S. The molecule has 13 heavy (non-hydrogen) atoms. The fourth-order valence-electron chi connectivity index (χ4n) is 0.632. The summed E-state index contributed by atoms with van der Waals surface area (Å²) in [6.07, 6.45) is 1.39. The third-order valence-electron chi connectivity index (χ3n) is 1.22. The summed E-state index contributed by atoms with van der Waals surface area (Å²) in [5.74, 6) is -0.154. The zero-order valence-corrected chi connectivity index (χ0v) is 7.76. The van der Waals surface area contributed by atoms with E-state index in [-0.39, 0.29) is 11.7 Å². The van der Waals surface area contributed by atoms with Crippen molar-refractivity contribution in [2.45, 2.75) is 5.03 Å². The lowest BCUT2D eigenvalue weighted by atomic mass is 10.7. The van der Waals surface area contributed by atoms with Crippen LogP contribution in [0.1, 0.15) is 0 Å². The predicted molar refractivity (Wildman–Crippen MR) is 47.6 cm³/mol. The summed E-state index contributed by atoms with van der Waals surface area (Å²) < 4.78 is 4.43. The number of rotatable bonds is 3. The van der Waals surface area contributed by atoms with Gasteiger partial charge in [-0.15, -0.1) is 0 Å². The second-order valence-electron chi connectivity index (χ2n) is 2.10. The number of hydrogen-bond donors (Lipinski definition) is 1. The largest absolute Gasteiger partial charge is 0.468 e. The average molecular weight is 200 g/mol. The number of methoxy groups -OCH3 is 1. The second kappa shape index (κ2) is 4.66. The minimum absolute atomic E-state index is 0.177. The van der Waals surface area contributed by atoms with E-state index in [1.807, 2.05) is 0 Å². The molecule has 1 N–H and O–H groups in total. The number of carbonyl (C=O) groups is 1. The van der Waals surface area contributed by atoms with Crippen LogP contribution in [0.15, 0.2) is 22.1 Å². The van der Waals surface area contributed by atoms with Gasteiger partial charge in [-0.3, -0.25) is 4.79 Å². The van der Waals surface area contributed by atoms with Gasteiger partial charge in [0, 0.05) is 6.20 Å². The second-order valence-corrected chi connectivity index (χ2v) is 3.12. The van der Waals surface area contributed by atoms with Crippen molar-refractivity contribution in [3.63, 3.8) is 0 Å². The Labute approximate surface area is 78.5 Å². The summed E-state index contributed by atoms with van der Waals surface area (Å²) in [6, 6.07) is 1.62. The van der Waals surface area contributed by atoms with Gasteiger partial charge < -0.3 is 9.72 Å². The topological polar surface area (TPSA) is 72.0 Å². The van der Waals surface area contributed by atoms with Crippen molar-refractivity contribution in [2.75, 3.05) is 12.9 Å². The quantitative estimate of drug-likeness (QED) is 0.423. The molecule has 0 aliphatic rings. The first kappa shape index (κ1) is 9.79. The van der Waals surface area contributed by atoms with Crippen molar-refractivity contribution in [3.8, 4) is 0 Å². The summed E-state index contributed by atoms with van der Waals surface area (Å²) >= 11 is 1.20. The normalized spacial score (nSPS) is 9.62. The smallest absolute Gasteiger partial charge is 0.345 e. The maximum absolute atomic E-state index is 10.7. The lowest BCUT2D eigenvalue weighted by Gasteiger charge is -1.98. The monoisotopic (exact) mass is 200 g/mol. The van der Waals surface area contributed by atoms with Crippen LogP contribution in [0, 0.1) is 0 Å². The molecule has 0 aliphatic heterocycles. The molecule has 0 radical (unpaired) electrons. The van der Waals surface area contributed by atoms with Crippen LogP contribution in [0.5, 0.6) is 0 Å². The van der Waals surface area contributed by atoms with Gasteiger partial charge in [0.2, 0.25) is 0 Å². The highest BCUT2D eigenvalue weighted by atomic mass is 32.2. The Kier molecular flexibility index (Phi) is 3.51. The number of ether oxygens (including phenoxy) is 1. The molecule has 1 rings (SSSR count). The molecule has 0 aliphatic carbocycles. The van der Waals surface area contributed by atoms with Gasteiger partial charge in [-0.25, -0.2) is 9.78 Å². The molecule has 1 heterocycles. The average Bonchev–Trinajstić information content (AvgIpc) is 2.14. The van der Waals surface area contributed by atoms with Crippen molar-refractivity contribution in [1.29, 1.82) is 0 Å². The summed E-state index contributed by atoms with van der Waals surface area (Å²) in [5.41, 5.74) is -0.421. The van der Waals surface area contributed by atoms with Crippen molar-refractivity contribution in [2.24, 2.45) is 0 Å². The first-order valence-electron chi connectivity index (χ1n) is 3.47. The van der Waals surface area contributed by atoms with E-state index in [0.717, 1.165) is 0 Å². The highest BCUT2D eigenvalue weighted by molar-refractivity contribution is 7.99. The van der Waals surface area contributed by atoms with Crippen molar-refractivity contribution in [1.82, 2.24) is 9.97 Å². The van der Waals surface area contributed by atoms with Crippen LogP contribution in [0.4, 0.5) is 0 Å². The van der Waals surface area contributed by atoms with Gasteiger partial charge in [0.25, 0.3) is 0 Å². The Morgan fingerprint density at radius 1 is 1.77 bits per heavy atom. The van der Waals surface area contributed by atoms with E-state index in [2.05, 4.69) is 14.7 Å². The Morgan fingerprint density at radius 2 is 2.54 bits per heavy atom. The lowest BCUT2D eigenvalue weighted by Crippen LogP contribution is -2.10. The highest BCUT2D eigenvalue weighted by Gasteiger charge is 2.01. The minimum Gasteiger partial charge on any atom is -0.468 e. The van der Waals surface area contributed by atoms with Gasteiger partial charge >= 0.3 is 11.7 Å². The first-order valence-corrected chi connectivity index (χ1v) is 4.46. The van der Waals surface area contributed by atoms with Gasteiger partial charge in [-0.05, 0) is 6.07 Å². The Bertz CT molecular complexity index is 350. The van der Waals surface area contributed by atoms with E-state index in [0.29, 0.717) is 5.03 Å². The maximum atomic E-state index is 10.7. The Morgan fingerprint density at radius 3 is 3.15 bits per heavy atom. The van der Waals surface area contributed by atoms with E-state index in [9.17, 15) is 9.59 Å². The van der Waals surface area contributed by atoms with Crippen molar-refractivity contribution in [3.05, 3.63) is 22.7 Å². The number of nitrogens with zero attached hydrogens (tertiary/aromatic N) is 1. The van der Waals surface area contributed by atoms with Gasteiger partial charge in [-0.1, -0.05) is 11.8 Å². The first-order chi connectivity index (χ1) is 6.22. The number of aromatic nitrogens is 2. The fraction of sp³-hybridized carbons (Fsp3) is 0.286. The van der Waals surface area contributed by atoms with E-state index < -0.39 is 5.69 Å². The molecule has 5 nitrogen and oxygen atoms in total. The van der Waals surface area contributed by atoms with Crippen LogP contribution in [-0.4, -0.2) is 28.8 Å². The minimum atomic E-state index is -0.421. The third-order valence-corrected chi connectivity index (χ3v) is 2.15. The van der Waals surface area contributed by atoms with Gasteiger partial charge in [-0.2, -0.15) is 0 Å². The Balaban J connectivity index is 2.55. The number of nitrogens with one attached hydrogen (secondary N) is 1. The van der Waals surface area contributed by atoms with Crippen LogP contribution >= 0.6 is 11.8 Å². The summed E-state index contributed by atoms with van der Waals surface area (Å²) in [5, 5.41) is 0.602. The van der Waals surface area contributed by atoms with Crippen LogP contribution < -0.4 is 5.69 Å². The lowest BCUT2D eigenvalue weighted by molar-refractivity contribution is -0.137. The molecule has 0 amide bonds. The molecule has 0 unspecified atom stereocenters. The van der Waals surface area contributed by atoms with E-state index in [4.69, 9.17) is 0 Å². The molecule has 0 atom stereocenters. The number of esters is 1. The number of thioether (sulfide) groups is 1. The van der Waals surface area contributed by atoms with Crippen molar-refractivity contribution >= 4 is 17.7 Å². The molecule has 0 saturated carbocycles. The van der Waals surface area contributed by atoms with Crippen LogP contribution in [0.25, 0.3) is 0 Å². The molecule has 70 valence electrons. The van der Waals surface area contributed by atoms with Crippen LogP contribution in [0.2, 0.25) is 0 Å². The number of hydrogen-bond acceptors (Lipinski definition) is 5. The van der Waals surface area contributed by atoms with Crippen LogP contribution in [-0.2, 0) is 9.53 Å². The molecule has 0 spiro atoms. The number of aromatic amines is 1. The fourth-order valence-corrected chi connectivity index (χ4v) is 1.34. The van der Waals surface area contributed by atoms with Crippen LogP contribution in [0.3, 0.4) is 0 Å². The molecule has 0 fully saturated rings. The third kappa shape index (κ3) is 3.29. The predicted octanol–water partition coefficient (Wildman–Crippen LogP) is 0.0350. The highest BCUT2D eigenvalue weighted by Crippen LogP contribution is 2.11. The van der Waals surface area contributed by atoms with E-state index in [1.165, 1.54) is 25.1 Å². The molecule has 6 heteroatoms. The number of carbonyl (C=O) groups excluding carboxylic acids is 1. The molecule has 0 saturated heterocycles. The Hall–Kier alpha value is -1.30. The summed E-state index contributed by atoms with van der Waals surface area (Å²) in [7, 11) is 1.32. The SMILES string of the molecule is COC(=O)CSc1ccnc(=O)[nH]1. The molecule has 0 aromatic carbocycles. The molecule has 1 aromatic rings. The van der Waals surface area contributed by atoms with Gasteiger partial charge in [0.1, 0.15) is 0 Å². The molecular weight excluding hydrogens is 192 g/mol. The number of H-pyrrole nitrogens is 1. The van der Waals surface area contributed by atoms with Gasteiger partial charge in [0.05, 0.1) is 17.9 Å². The zero-order valence-electron chi connectivity index (χ0n) is 6.94. The maximum Gasteiger partial charge on any atom is 0.345 e.